The highest BCUT2D eigenvalue weighted by atomic mass is 16.5. The predicted molar refractivity (Wildman–Crippen MR) is 118 cm³/mol. The third kappa shape index (κ3) is 4.05. The monoisotopic (exact) mass is 430 g/mol. The lowest BCUT2D eigenvalue weighted by molar-refractivity contribution is -0.140. The van der Waals surface area contributed by atoms with Crippen molar-refractivity contribution in [1.82, 2.24) is 9.88 Å². The van der Waals surface area contributed by atoms with E-state index < -0.39 is 17.7 Å². The molecule has 0 bridgehead atoms. The summed E-state index contributed by atoms with van der Waals surface area (Å²) in [6.45, 7) is 5.88. The molecule has 3 aromatic rings. The number of ketones is 1. The Morgan fingerprint density at radius 3 is 2.62 bits per heavy atom. The quantitative estimate of drug-likeness (QED) is 0.262. The number of Topliss-reactive ketones (excluding diaryl/α,β-unsaturated/α-hetero) is 1. The molecule has 7 nitrogen and oxygen atoms in total. The number of carbonyl (C=O) groups is 2. The topological polar surface area (TPSA) is 92.9 Å². The fourth-order valence-electron chi connectivity index (χ4n) is 3.65. The number of aliphatic hydroxyl groups excluding tert-OH is 1. The Kier molecular flexibility index (Phi) is 5.89. The summed E-state index contributed by atoms with van der Waals surface area (Å²) in [6, 6.07) is 12.8. The van der Waals surface area contributed by atoms with E-state index in [0.717, 1.165) is 5.56 Å². The van der Waals surface area contributed by atoms with E-state index in [2.05, 4.69) is 11.6 Å². The van der Waals surface area contributed by atoms with Gasteiger partial charge in [-0.05, 0) is 55.0 Å². The third-order valence-corrected chi connectivity index (χ3v) is 5.14. The maximum Gasteiger partial charge on any atom is 0.296 e. The average molecular weight is 430 g/mol. The van der Waals surface area contributed by atoms with Crippen LogP contribution in [0.4, 0.5) is 0 Å². The Balaban J connectivity index is 1.77. The zero-order valence-corrected chi connectivity index (χ0v) is 17.5. The van der Waals surface area contributed by atoms with Gasteiger partial charge in [-0.25, -0.2) is 0 Å². The van der Waals surface area contributed by atoms with Gasteiger partial charge in [0.2, 0.25) is 0 Å². The van der Waals surface area contributed by atoms with Crippen LogP contribution in [-0.4, -0.2) is 33.3 Å². The Hall–Kier alpha value is -4.13. The Morgan fingerprint density at radius 2 is 2.00 bits per heavy atom. The number of aromatic nitrogens is 1. The summed E-state index contributed by atoms with van der Waals surface area (Å²) in [5.41, 5.74) is 1.13. The lowest BCUT2D eigenvalue weighted by Gasteiger charge is -2.23. The molecule has 3 heterocycles. The number of hydrogen-bond donors (Lipinski definition) is 1. The standard InChI is InChI=1S/C25H22N2O5/c1-3-13-31-19-9-7-18(8-10-19)23(28)21-22(20-11-6-16(2)32-20)27(25(30)24(21)29)15-17-5-4-12-26-14-17/h3-12,14,22,28H,1,13,15H2,2H3/t22-/m0/s1. The van der Waals surface area contributed by atoms with Crippen LogP contribution < -0.4 is 4.74 Å². The van der Waals surface area contributed by atoms with Crippen LogP contribution in [0, 0.1) is 6.92 Å². The molecule has 1 aliphatic heterocycles. The molecule has 7 heteroatoms. The zero-order chi connectivity index (χ0) is 22.7. The number of benzene rings is 1. The molecule has 1 atom stereocenters. The summed E-state index contributed by atoms with van der Waals surface area (Å²) in [5, 5.41) is 11.1. The van der Waals surface area contributed by atoms with E-state index in [4.69, 9.17) is 9.15 Å². The molecule has 0 aliphatic carbocycles. The van der Waals surface area contributed by atoms with Crippen LogP contribution in [-0.2, 0) is 16.1 Å². The highest BCUT2D eigenvalue weighted by molar-refractivity contribution is 6.46. The molecule has 2 aromatic heterocycles. The van der Waals surface area contributed by atoms with Gasteiger partial charge in [0.15, 0.2) is 0 Å². The van der Waals surface area contributed by atoms with Crippen molar-refractivity contribution in [3.05, 3.63) is 102 Å². The summed E-state index contributed by atoms with van der Waals surface area (Å²) < 4.78 is 11.2. The summed E-state index contributed by atoms with van der Waals surface area (Å²) in [7, 11) is 0. The molecule has 32 heavy (non-hydrogen) atoms. The molecule has 4 rings (SSSR count). The van der Waals surface area contributed by atoms with Crippen molar-refractivity contribution in [2.24, 2.45) is 0 Å². The van der Waals surface area contributed by atoms with Gasteiger partial charge in [-0.3, -0.25) is 14.6 Å². The van der Waals surface area contributed by atoms with Gasteiger partial charge in [0.05, 0.1) is 5.57 Å². The van der Waals surface area contributed by atoms with Gasteiger partial charge < -0.3 is 19.2 Å². The second kappa shape index (κ2) is 8.93. The molecule has 1 amide bonds. The lowest BCUT2D eigenvalue weighted by atomic mass is 9.99. The second-order valence-electron chi connectivity index (χ2n) is 7.36. The van der Waals surface area contributed by atoms with E-state index in [1.807, 2.05) is 6.07 Å². The van der Waals surface area contributed by atoms with E-state index in [-0.39, 0.29) is 17.9 Å². The van der Waals surface area contributed by atoms with Gasteiger partial charge in [0.1, 0.15) is 35.7 Å². The van der Waals surface area contributed by atoms with E-state index in [1.54, 1.807) is 67.9 Å². The van der Waals surface area contributed by atoms with Crippen molar-refractivity contribution >= 4 is 17.4 Å². The molecule has 162 valence electrons. The van der Waals surface area contributed by atoms with Gasteiger partial charge in [0.25, 0.3) is 11.7 Å². The molecular formula is C25H22N2O5. The van der Waals surface area contributed by atoms with Crippen molar-refractivity contribution in [2.75, 3.05) is 6.61 Å². The lowest BCUT2D eigenvalue weighted by Crippen LogP contribution is -2.29. The fourth-order valence-corrected chi connectivity index (χ4v) is 3.65. The van der Waals surface area contributed by atoms with Gasteiger partial charge in [-0.2, -0.15) is 0 Å². The zero-order valence-electron chi connectivity index (χ0n) is 17.5. The normalized spacial score (nSPS) is 17.5. The van der Waals surface area contributed by atoms with Crippen LogP contribution >= 0.6 is 0 Å². The van der Waals surface area contributed by atoms with Crippen LogP contribution in [0.15, 0.2) is 83.6 Å². The molecule has 1 N–H and O–H groups in total. The Morgan fingerprint density at radius 1 is 1.22 bits per heavy atom. The van der Waals surface area contributed by atoms with E-state index in [9.17, 15) is 14.7 Å². The van der Waals surface area contributed by atoms with Gasteiger partial charge >= 0.3 is 0 Å². The first-order valence-corrected chi connectivity index (χ1v) is 10.1. The molecule has 0 radical (unpaired) electrons. The number of pyridine rings is 1. The fraction of sp³-hybridized carbons (Fsp3) is 0.160. The number of hydrogen-bond acceptors (Lipinski definition) is 6. The Labute approximate surface area is 185 Å². The Bertz CT molecular complexity index is 1180. The first-order chi connectivity index (χ1) is 15.5. The minimum absolute atomic E-state index is 0.0204. The molecule has 0 unspecified atom stereocenters. The third-order valence-electron chi connectivity index (χ3n) is 5.14. The number of carbonyl (C=O) groups excluding carboxylic acids is 2. The number of aliphatic hydroxyl groups is 1. The number of likely N-dealkylation sites (tertiary alicyclic amines) is 1. The highest BCUT2D eigenvalue weighted by Crippen LogP contribution is 2.40. The van der Waals surface area contributed by atoms with Gasteiger partial charge in [-0.15, -0.1) is 0 Å². The summed E-state index contributed by atoms with van der Waals surface area (Å²) in [6.07, 6.45) is 4.89. The SMILES string of the molecule is C=CCOc1ccc(C(O)=C2C(=O)C(=O)N(Cc3cccnc3)[C@H]2c2ccc(C)o2)cc1. The van der Waals surface area contributed by atoms with Crippen LogP contribution in [0.25, 0.3) is 5.76 Å². The number of ether oxygens (including phenoxy) is 1. The summed E-state index contributed by atoms with van der Waals surface area (Å²) >= 11 is 0. The molecule has 1 fully saturated rings. The van der Waals surface area contributed by atoms with Crippen molar-refractivity contribution in [2.45, 2.75) is 19.5 Å². The molecule has 1 aliphatic rings. The van der Waals surface area contributed by atoms with E-state index in [0.29, 0.717) is 29.4 Å². The molecular weight excluding hydrogens is 408 g/mol. The number of rotatable bonds is 7. The smallest absolute Gasteiger partial charge is 0.296 e. The molecule has 0 spiro atoms. The maximum atomic E-state index is 13.0. The van der Waals surface area contributed by atoms with E-state index >= 15 is 0 Å². The van der Waals surface area contributed by atoms with Crippen molar-refractivity contribution in [1.29, 1.82) is 0 Å². The second-order valence-corrected chi connectivity index (χ2v) is 7.36. The van der Waals surface area contributed by atoms with Crippen LogP contribution in [0.1, 0.15) is 28.7 Å². The van der Waals surface area contributed by atoms with Gasteiger partial charge in [0, 0.05) is 24.5 Å². The maximum absolute atomic E-state index is 13.0. The minimum Gasteiger partial charge on any atom is -0.507 e. The largest absolute Gasteiger partial charge is 0.507 e. The number of aryl methyl sites for hydroxylation is 1. The van der Waals surface area contributed by atoms with E-state index in [1.165, 1.54) is 4.90 Å². The number of amides is 1. The summed E-state index contributed by atoms with van der Waals surface area (Å²) in [5.74, 6) is -0.116. The predicted octanol–water partition coefficient (Wildman–Crippen LogP) is 4.17. The van der Waals surface area contributed by atoms with Crippen molar-refractivity contribution < 1.29 is 23.8 Å². The minimum atomic E-state index is -0.861. The number of furan rings is 1. The first kappa shape index (κ1) is 21.1. The molecule has 1 aromatic carbocycles. The van der Waals surface area contributed by atoms with Gasteiger partial charge in [-0.1, -0.05) is 18.7 Å². The van der Waals surface area contributed by atoms with Crippen molar-refractivity contribution in [3.63, 3.8) is 0 Å². The molecule has 0 saturated carbocycles. The van der Waals surface area contributed by atoms with Crippen LogP contribution in [0.2, 0.25) is 0 Å². The average Bonchev–Trinajstić information content (AvgIpc) is 3.34. The molecule has 1 saturated heterocycles. The number of nitrogens with zero attached hydrogens (tertiary/aromatic N) is 2. The first-order valence-electron chi connectivity index (χ1n) is 10.1. The van der Waals surface area contributed by atoms with Crippen LogP contribution in [0.5, 0.6) is 5.75 Å². The van der Waals surface area contributed by atoms with Crippen molar-refractivity contribution in [3.8, 4) is 5.75 Å². The highest BCUT2D eigenvalue weighted by Gasteiger charge is 2.47. The van der Waals surface area contributed by atoms with Crippen LogP contribution in [0.3, 0.4) is 0 Å². The summed E-state index contributed by atoms with van der Waals surface area (Å²) in [4.78, 5) is 31.4.